The molecule has 0 saturated carbocycles. The smallest absolute Gasteiger partial charge is 0.165 e. The van der Waals surface area contributed by atoms with E-state index in [1.165, 1.54) is 13.2 Å². The van der Waals surface area contributed by atoms with Crippen LogP contribution in [0.15, 0.2) is 18.2 Å². The van der Waals surface area contributed by atoms with Gasteiger partial charge in [-0.05, 0) is 57.4 Å². The summed E-state index contributed by atoms with van der Waals surface area (Å²) in [5, 5.41) is 10.8. The highest BCUT2D eigenvalue weighted by Gasteiger charge is 2.31. The summed E-state index contributed by atoms with van der Waals surface area (Å²) in [4.78, 5) is 2.40. The van der Waals surface area contributed by atoms with Crippen LogP contribution in [0.5, 0.6) is 5.75 Å². The second-order valence-corrected chi connectivity index (χ2v) is 6.35. The molecule has 1 saturated heterocycles. The fourth-order valence-corrected chi connectivity index (χ4v) is 3.09. The number of likely N-dealkylation sites (tertiary alicyclic amines) is 1. The SMILES string of the molecule is COc1ccc(CC2(O)CCCN(C(C)C)CC2)cc1F. The first-order chi connectivity index (χ1) is 9.93. The van der Waals surface area contributed by atoms with Gasteiger partial charge in [-0.2, -0.15) is 0 Å². The van der Waals surface area contributed by atoms with Crippen LogP contribution in [0.2, 0.25) is 0 Å². The number of methoxy groups -OCH3 is 1. The van der Waals surface area contributed by atoms with Crippen LogP contribution >= 0.6 is 0 Å². The molecule has 0 aliphatic carbocycles. The van der Waals surface area contributed by atoms with Crippen LogP contribution in [-0.2, 0) is 6.42 Å². The Bertz CT molecular complexity index is 478. The summed E-state index contributed by atoms with van der Waals surface area (Å²) in [6.45, 7) is 6.29. The normalized spacial score (nSPS) is 24.1. The van der Waals surface area contributed by atoms with Gasteiger partial charge in [-0.15, -0.1) is 0 Å². The second-order valence-electron chi connectivity index (χ2n) is 6.35. The molecule has 1 N–H and O–H groups in total. The first kappa shape index (κ1) is 16.2. The largest absolute Gasteiger partial charge is 0.494 e. The van der Waals surface area contributed by atoms with Crippen LogP contribution in [0.4, 0.5) is 4.39 Å². The van der Waals surface area contributed by atoms with Crippen LogP contribution in [0, 0.1) is 5.82 Å². The van der Waals surface area contributed by atoms with Gasteiger partial charge in [-0.1, -0.05) is 6.07 Å². The van der Waals surface area contributed by atoms with Crippen molar-refractivity contribution in [3.8, 4) is 5.75 Å². The highest BCUT2D eigenvalue weighted by Crippen LogP contribution is 2.28. The molecule has 1 aliphatic heterocycles. The minimum atomic E-state index is -0.731. The van der Waals surface area contributed by atoms with E-state index in [-0.39, 0.29) is 11.6 Å². The van der Waals surface area contributed by atoms with Gasteiger partial charge in [0.1, 0.15) is 0 Å². The van der Waals surface area contributed by atoms with E-state index in [9.17, 15) is 9.50 Å². The Morgan fingerprint density at radius 3 is 2.71 bits per heavy atom. The molecule has 0 amide bonds. The van der Waals surface area contributed by atoms with E-state index in [0.717, 1.165) is 37.9 Å². The number of rotatable bonds is 4. The van der Waals surface area contributed by atoms with E-state index < -0.39 is 5.60 Å². The maximum absolute atomic E-state index is 13.8. The average molecular weight is 295 g/mol. The third-order valence-corrected chi connectivity index (χ3v) is 4.43. The zero-order valence-electron chi connectivity index (χ0n) is 13.2. The van der Waals surface area contributed by atoms with Crippen LogP contribution in [-0.4, -0.2) is 41.8 Å². The highest BCUT2D eigenvalue weighted by atomic mass is 19.1. The van der Waals surface area contributed by atoms with Crippen molar-refractivity contribution >= 4 is 0 Å². The topological polar surface area (TPSA) is 32.7 Å². The predicted molar refractivity (Wildman–Crippen MR) is 82.2 cm³/mol. The van der Waals surface area contributed by atoms with Crippen molar-refractivity contribution in [1.29, 1.82) is 0 Å². The molecule has 1 aliphatic rings. The Morgan fingerprint density at radius 1 is 1.33 bits per heavy atom. The quantitative estimate of drug-likeness (QED) is 0.927. The minimum Gasteiger partial charge on any atom is -0.494 e. The van der Waals surface area contributed by atoms with E-state index in [0.29, 0.717) is 12.5 Å². The molecule has 0 radical (unpaired) electrons. The molecule has 3 nitrogen and oxygen atoms in total. The van der Waals surface area contributed by atoms with Gasteiger partial charge in [0.05, 0.1) is 12.7 Å². The molecular weight excluding hydrogens is 269 g/mol. The van der Waals surface area contributed by atoms with Crippen molar-refractivity contribution in [3.05, 3.63) is 29.6 Å². The Labute approximate surface area is 126 Å². The molecule has 0 aromatic heterocycles. The number of ether oxygens (including phenoxy) is 1. The fourth-order valence-electron chi connectivity index (χ4n) is 3.09. The number of halogens is 1. The maximum atomic E-state index is 13.8. The van der Waals surface area contributed by atoms with Crippen molar-refractivity contribution in [2.45, 2.75) is 51.2 Å². The molecule has 0 spiro atoms. The molecule has 1 fully saturated rings. The first-order valence-corrected chi connectivity index (χ1v) is 7.72. The lowest BCUT2D eigenvalue weighted by atomic mass is 9.87. The van der Waals surface area contributed by atoms with Crippen LogP contribution in [0.1, 0.15) is 38.7 Å². The Morgan fingerprint density at radius 2 is 2.10 bits per heavy atom. The van der Waals surface area contributed by atoms with Gasteiger partial charge >= 0.3 is 0 Å². The molecular formula is C17H26FNO2. The highest BCUT2D eigenvalue weighted by molar-refractivity contribution is 5.30. The summed E-state index contributed by atoms with van der Waals surface area (Å²) >= 11 is 0. The maximum Gasteiger partial charge on any atom is 0.165 e. The zero-order chi connectivity index (χ0) is 15.5. The van der Waals surface area contributed by atoms with E-state index in [1.54, 1.807) is 6.07 Å². The van der Waals surface area contributed by atoms with Gasteiger partial charge in [0.2, 0.25) is 0 Å². The van der Waals surface area contributed by atoms with Crippen molar-refractivity contribution in [2.75, 3.05) is 20.2 Å². The third-order valence-electron chi connectivity index (χ3n) is 4.43. The Balaban J connectivity index is 2.05. The van der Waals surface area contributed by atoms with E-state index >= 15 is 0 Å². The second kappa shape index (κ2) is 6.75. The van der Waals surface area contributed by atoms with Crippen LogP contribution < -0.4 is 4.74 Å². The van der Waals surface area contributed by atoms with Gasteiger partial charge in [0.25, 0.3) is 0 Å². The monoisotopic (exact) mass is 295 g/mol. The van der Waals surface area contributed by atoms with Crippen molar-refractivity contribution in [3.63, 3.8) is 0 Å². The molecule has 1 aromatic rings. The standard InChI is InChI=1S/C17H26FNO2/c1-13(2)19-9-4-7-17(20,8-10-19)12-14-5-6-16(21-3)15(18)11-14/h5-6,11,13,20H,4,7-10,12H2,1-3H3. The van der Waals surface area contributed by atoms with Crippen LogP contribution in [0.25, 0.3) is 0 Å². The third kappa shape index (κ3) is 4.17. The molecule has 4 heteroatoms. The number of benzene rings is 1. The fraction of sp³-hybridized carbons (Fsp3) is 0.647. The Kier molecular flexibility index (Phi) is 5.22. The predicted octanol–water partition coefficient (Wildman–Crippen LogP) is 3.00. The van der Waals surface area contributed by atoms with Gasteiger partial charge in [0.15, 0.2) is 11.6 Å². The molecule has 1 unspecified atom stereocenters. The molecule has 1 heterocycles. The molecule has 118 valence electrons. The summed E-state index contributed by atoms with van der Waals surface area (Å²) in [5.41, 5.74) is 0.0961. The minimum absolute atomic E-state index is 0.248. The summed E-state index contributed by atoms with van der Waals surface area (Å²) in [5.74, 6) is -0.117. The van der Waals surface area contributed by atoms with Gasteiger partial charge in [0, 0.05) is 19.0 Å². The van der Waals surface area contributed by atoms with E-state index in [2.05, 4.69) is 18.7 Å². The summed E-state index contributed by atoms with van der Waals surface area (Å²) in [6, 6.07) is 5.45. The molecule has 0 bridgehead atoms. The first-order valence-electron chi connectivity index (χ1n) is 7.72. The number of hydrogen-bond donors (Lipinski definition) is 1. The zero-order valence-corrected chi connectivity index (χ0v) is 13.2. The lowest BCUT2D eigenvalue weighted by Gasteiger charge is -2.28. The van der Waals surface area contributed by atoms with Crippen molar-refractivity contribution in [1.82, 2.24) is 4.90 Å². The van der Waals surface area contributed by atoms with Crippen LogP contribution in [0.3, 0.4) is 0 Å². The van der Waals surface area contributed by atoms with Gasteiger partial charge < -0.3 is 14.7 Å². The van der Waals surface area contributed by atoms with Crippen molar-refractivity contribution in [2.24, 2.45) is 0 Å². The number of aliphatic hydroxyl groups is 1. The molecule has 1 aromatic carbocycles. The lowest BCUT2D eigenvalue weighted by molar-refractivity contribution is 0.0248. The molecule has 21 heavy (non-hydrogen) atoms. The van der Waals surface area contributed by atoms with E-state index in [4.69, 9.17) is 4.74 Å². The Hall–Kier alpha value is -1.13. The molecule has 1 atom stereocenters. The number of nitrogens with zero attached hydrogens (tertiary/aromatic N) is 1. The van der Waals surface area contributed by atoms with Gasteiger partial charge in [-0.25, -0.2) is 4.39 Å². The average Bonchev–Trinajstić information content (AvgIpc) is 2.61. The van der Waals surface area contributed by atoms with Crippen molar-refractivity contribution < 1.29 is 14.2 Å². The summed E-state index contributed by atoms with van der Waals surface area (Å²) < 4.78 is 18.7. The van der Waals surface area contributed by atoms with E-state index in [1.807, 2.05) is 6.07 Å². The molecule has 2 rings (SSSR count). The number of hydrogen-bond acceptors (Lipinski definition) is 3. The van der Waals surface area contributed by atoms with Gasteiger partial charge in [-0.3, -0.25) is 0 Å². The summed E-state index contributed by atoms with van der Waals surface area (Å²) in [7, 11) is 1.46. The lowest BCUT2D eigenvalue weighted by Crippen LogP contribution is -2.35. The summed E-state index contributed by atoms with van der Waals surface area (Å²) in [6.07, 6.45) is 2.98.